The van der Waals surface area contributed by atoms with E-state index in [1.54, 1.807) is 19.1 Å². The SMILES string of the molecule is COc1ccc(C2CCCN2C(=O)CNC(=O)CN)cc1OC.Cl. The summed E-state index contributed by atoms with van der Waals surface area (Å²) in [5.41, 5.74) is 6.23. The number of nitrogens with zero attached hydrogens (tertiary/aromatic N) is 1. The number of nitrogens with one attached hydrogen (secondary N) is 1. The van der Waals surface area contributed by atoms with Gasteiger partial charge in [0.25, 0.3) is 0 Å². The van der Waals surface area contributed by atoms with E-state index >= 15 is 0 Å². The number of hydrogen-bond acceptors (Lipinski definition) is 5. The highest BCUT2D eigenvalue weighted by molar-refractivity contribution is 5.86. The molecule has 1 aromatic rings. The largest absolute Gasteiger partial charge is 0.493 e. The van der Waals surface area contributed by atoms with Crippen molar-refractivity contribution < 1.29 is 19.1 Å². The van der Waals surface area contributed by atoms with Crippen LogP contribution in [-0.2, 0) is 9.59 Å². The Bertz CT molecular complexity index is 582. The summed E-state index contributed by atoms with van der Waals surface area (Å²) in [6, 6.07) is 5.66. The molecule has 1 aromatic carbocycles. The highest BCUT2D eigenvalue weighted by Gasteiger charge is 2.30. The lowest BCUT2D eigenvalue weighted by molar-refractivity contribution is -0.133. The molecule has 1 aliphatic rings. The number of methoxy groups -OCH3 is 2. The van der Waals surface area contributed by atoms with Crippen LogP contribution >= 0.6 is 12.4 Å². The molecule has 24 heavy (non-hydrogen) atoms. The summed E-state index contributed by atoms with van der Waals surface area (Å²) in [7, 11) is 3.17. The second kappa shape index (κ2) is 9.34. The maximum atomic E-state index is 12.3. The fourth-order valence-corrected chi connectivity index (χ4v) is 2.82. The molecule has 3 N–H and O–H groups in total. The molecular weight excluding hydrogens is 334 g/mol. The Labute approximate surface area is 147 Å². The van der Waals surface area contributed by atoms with Gasteiger partial charge in [-0.3, -0.25) is 9.59 Å². The van der Waals surface area contributed by atoms with Crippen molar-refractivity contribution in [3.05, 3.63) is 23.8 Å². The highest BCUT2D eigenvalue weighted by Crippen LogP contribution is 2.36. The summed E-state index contributed by atoms with van der Waals surface area (Å²) in [4.78, 5) is 25.3. The number of likely N-dealkylation sites (tertiary alicyclic amines) is 1. The number of hydrogen-bond donors (Lipinski definition) is 2. The van der Waals surface area contributed by atoms with E-state index in [-0.39, 0.29) is 43.4 Å². The smallest absolute Gasteiger partial charge is 0.242 e. The molecule has 1 fully saturated rings. The van der Waals surface area contributed by atoms with Gasteiger partial charge in [-0.2, -0.15) is 0 Å². The summed E-state index contributed by atoms with van der Waals surface area (Å²) < 4.78 is 10.6. The average Bonchev–Trinajstić information content (AvgIpc) is 3.08. The molecule has 0 radical (unpaired) electrons. The van der Waals surface area contributed by atoms with Gasteiger partial charge in [-0.15, -0.1) is 12.4 Å². The minimum atomic E-state index is -0.333. The Morgan fingerprint density at radius 3 is 2.62 bits per heavy atom. The normalized spacial score (nSPS) is 16.3. The number of halogens is 1. The van der Waals surface area contributed by atoms with E-state index in [1.165, 1.54) is 0 Å². The summed E-state index contributed by atoms with van der Waals surface area (Å²) in [5, 5.41) is 2.52. The first-order valence-electron chi connectivity index (χ1n) is 7.58. The van der Waals surface area contributed by atoms with Crippen molar-refractivity contribution in [1.82, 2.24) is 10.2 Å². The zero-order valence-electron chi connectivity index (χ0n) is 13.9. The van der Waals surface area contributed by atoms with E-state index < -0.39 is 0 Å². The molecule has 7 nitrogen and oxygen atoms in total. The molecule has 8 heteroatoms. The first-order chi connectivity index (χ1) is 11.1. The molecule has 2 amide bonds. The van der Waals surface area contributed by atoms with Gasteiger partial charge in [-0.25, -0.2) is 0 Å². The molecular formula is C16H24ClN3O4. The van der Waals surface area contributed by atoms with Crippen molar-refractivity contribution in [1.29, 1.82) is 0 Å². The van der Waals surface area contributed by atoms with Crippen LogP contribution in [0.2, 0.25) is 0 Å². The van der Waals surface area contributed by atoms with Gasteiger partial charge in [-0.05, 0) is 30.5 Å². The van der Waals surface area contributed by atoms with Crippen molar-refractivity contribution in [2.24, 2.45) is 5.73 Å². The average molecular weight is 358 g/mol. The van der Waals surface area contributed by atoms with Crippen LogP contribution in [0, 0.1) is 0 Å². The number of amides is 2. The molecule has 1 aliphatic heterocycles. The maximum absolute atomic E-state index is 12.3. The minimum Gasteiger partial charge on any atom is -0.493 e. The number of rotatable bonds is 6. The lowest BCUT2D eigenvalue weighted by Crippen LogP contribution is -2.41. The number of carbonyl (C=O) groups excluding carboxylic acids is 2. The Morgan fingerprint density at radius 2 is 2.00 bits per heavy atom. The van der Waals surface area contributed by atoms with Crippen LogP contribution in [0.1, 0.15) is 24.4 Å². The van der Waals surface area contributed by atoms with Gasteiger partial charge < -0.3 is 25.4 Å². The molecule has 0 bridgehead atoms. The molecule has 1 atom stereocenters. The third kappa shape index (κ3) is 4.52. The Hall–Kier alpha value is -1.99. The van der Waals surface area contributed by atoms with E-state index in [4.69, 9.17) is 15.2 Å². The van der Waals surface area contributed by atoms with Gasteiger partial charge in [-0.1, -0.05) is 6.07 Å². The van der Waals surface area contributed by atoms with Crippen LogP contribution in [0.5, 0.6) is 11.5 Å². The quantitative estimate of drug-likeness (QED) is 0.787. The summed E-state index contributed by atoms with van der Waals surface area (Å²) in [5.74, 6) is 0.854. The summed E-state index contributed by atoms with van der Waals surface area (Å²) >= 11 is 0. The molecule has 134 valence electrons. The van der Waals surface area contributed by atoms with Crippen molar-refractivity contribution >= 4 is 24.2 Å². The molecule has 1 unspecified atom stereocenters. The van der Waals surface area contributed by atoms with Gasteiger partial charge in [0.2, 0.25) is 11.8 Å². The van der Waals surface area contributed by atoms with Gasteiger partial charge in [0.15, 0.2) is 11.5 Å². The second-order valence-corrected chi connectivity index (χ2v) is 5.34. The highest BCUT2D eigenvalue weighted by atomic mass is 35.5. The molecule has 0 spiro atoms. The fourth-order valence-electron chi connectivity index (χ4n) is 2.82. The molecule has 0 saturated carbocycles. The molecule has 0 aliphatic carbocycles. The lowest BCUT2D eigenvalue weighted by Gasteiger charge is -2.26. The van der Waals surface area contributed by atoms with Gasteiger partial charge in [0, 0.05) is 6.54 Å². The van der Waals surface area contributed by atoms with E-state index in [1.807, 2.05) is 18.2 Å². The Kier molecular flexibility index (Phi) is 7.81. The number of benzene rings is 1. The third-order valence-corrected chi connectivity index (χ3v) is 3.99. The Morgan fingerprint density at radius 1 is 1.29 bits per heavy atom. The van der Waals surface area contributed by atoms with Gasteiger partial charge >= 0.3 is 0 Å². The number of ether oxygens (including phenoxy) is 2. The van der Waals surface area contributed by atoms with E-state index in [9.17, 15) is 9.59 Å². The zero-order chi connectivity index (χ0) is 16.8. The fraction of sp³-hybridized carbons (Fsp3) is 0.500. The van der Waals surface area contributed by atoms with Crippen LogP contribution in [0.15, 0.2) is 18.2 Å². The monoisotopic (exact) mass is 357 g/mol. The van der Waals surface area contributed by atoms with Crippen LogP contribution in [0.25, 0.3) is 0 Å². The maximum Gasteiger partial charge on any atom is 0.242 e. The second-order valence-electron chi connectivity index (χ2n) is 5.34. The van der Waals surface area contributed by atoms with Crippen molar-refractivity contribution in [2.75, 3.05) is 33.9 Å². The minimum absolute atomic E-state index is 0. The predicted molar refractivity (Wildman–Crippen MR) is 92.5 cm³/mol. The Balaban J connectivity index is 0.00000288. The third-order valence-electron chi connectivity index (χ3n) is 3.99. The topological polar surface area (TPSA) is 93.9 Å². The van der Waals surface area contributed by atoms with Gasteiger partial charge in [0.1, 0.15) is 0 Å². The number of carbonyl (C=O) groups is 2. The van der Waals surface area contributed by atoms with Crippen LogP contribution in [0.3, 0.4) is 0 Å². The molecule has 1 saturated heterocycles. The summed E-state index contributed by atoms with van der Waals surface area (Å²) in [6.45, 7) is 0.530. The van der Waals surface area contributed by atoms with E-state index in [0.29, 0.717) is 18.0 Å². The standard InChI is InChI=1S/C16H23N3O4.ClH/c1-22-13-6-5-11(8-14(13)23-2)12-4-3-7-19(12)16(21)10-18-15(20)9-17;/h5-6,8,12H,3-4,7,9-10,17H2,1-2H3,(H,18,20);1H. The molecule has 1 heterocycles. The predicted octanol–water partition coefficient (Wildman–Crippen LogP) is 0.864. The van der Waals surface area contributed by atoms with Crippen molar-refractivity contribution in [3.8, 4) is 11.5 Å². The van der Waals surface area contributed by atoms with Crippen LogP contribution < -0.4 is 20.5 Å². The first-order valence-corrected chi connectivity index (χ1v) is 7.58. The van der Waals surface area contributed by atoms with Crippen molar-refractivity contribution in [2.45, 2.75) is 18.9 Å². The number of nitrogens with two attached hydrogens (primary N) is 1. The summed E-state index contributed by atoms with van der Waals surface area (Å²) in [6.07, 6.45) is 1.81. The van der Waals surface area contributed by atoms with Crippen molar-refractivity contribution in [3.63, 3.8) is 0 Å². The van der Waals surface area contributed by atoms with E-state index in [0.717, 1.165) is 18.4 Å². The van der Waals surface area contributed by atoms with Gasteiger partial charge in [0.05, 0.1) is 33.4 Å². The molecule has 2 rings (SSSR count). The first kappa shape index (κ1) is 20.1. The van der Waals surface area contributed by atoms with Crippen LogP contribution in [-0.4, -0.2) is 50.6 Å². The zero-order valence-corrected chi connectivity index (χ0v) is 14.7. The molecule has 0 aromatic heterocycles. The van der Waals surface area contributed by atoms with Crippen LogP contribution in [0.4, 0.5) is 0 Å². The lowest BCUT2D eigenvalue weighted by atomic mass is 10.0. The van der Waals surface area contributed by atoms with E-state index in [2.05, 4.69) is 5.32 Å².